The molecule has 2 heterocycles. The maximum atomic E-state index is 6.11. The van der Waals surface area contributed by atoms with Crippen LogP contribution >= 0.6 is 15.9 Å². The molecule has 0 saturated carbocycles. The number of benzene rings is 4. The lowest BCUT2D eigenvalue weighted by Crippen LogP contribution is -2.00. The van der Waals surface area contributed by atoms with E-state index in [-0.39, 0.29) is 0 Å². The molecule has 0 aliphatic carbocycles. The van der Waals surface area contributed by atoms with E-state index in [4.69, 9.17) is 19.4 Å². The molecule has 32 heavy (non-hydrogen) atoms. The molecule has 0 atom stereocenters. The van der Waals surface area contributed by atoms with E-state index < -0.39 is 0 Å². The van der Waals surface area contributed by atoms with Crippen LogP contribution in [0, 0.1) is 0 Å². The molecule has 0 aliphatic rings. The van der Waals surface area contributed by atoms with Crippen LogP contribution in [-0.4, -0.2) is 15.0 Å². The molecule has 0 bridgehead atoms. The molecule has 0 fully saturated rings. The van der Waals surface area contributed by atoms with Crippen molar-refractivity contribution in [2.24, 2.45) is 0 Å². The van der Waals surface area contributed by atoms with Crippen LogP contribution in [0.3, 0.4) is 0 Å². The predicted molar refractivity (Wildman–Crippen MR) is 131 cm³/mol. The Morgan fingerprint density at radius 2 is 1.19 bits per heavy atom. The second-order valence-corrected chi connectivity index (χ2v) is 8.38. The number of nitrogens with zero attached hydrogens (tertiary/aromatic N) is 3. The number of hydrogen-bond donors (Lipinski definition) is 0. The zero-order valence-electron chi connectivity index (χ0n) is 16.9. The van der Waals surface area contributed by atoms with Gasteiger partial charge < -0.3 is 4.42 Å². The van der Waals surface area contributed by atoms with E-state index >= 15 is 0 Å². The summed E-state index contributed by atoms with van der Waals surface area (Å²) in [6.45, 7) is 0. The molecular weight excluding hydrogens is 462 g/mol. The molecule has 2 aromatic heterocycles. The Bertz CT molecular complexity index is 1520. The lowest BCUT2D eigenvalue weighted by atomic mass is 10.1. The maximum Gasteiger partial charge on any atom is 0.164 e. The number of furan rings is 1. The van der Waals surface area contributed by atoms with E-state index in [1.54, 1.807) is 0 Å². The number of rotatable bonds is 3. The molecule has 0 amide bonds. The van der Waals surface area contributed by atoms with Crippen LogP contribution in [0.2, 0.25) is 0 Å². The fourth-order valence-electron chi connectivity index (χ4n) is 3.91. The normalized spacial score (nSPS) is 11.3. The van der Waals surface area contributed by atoms with Gasteiger partial charge in [0.25, 0.3) is 0 Å². The van der Waals surface area contributed by atoms with Gasteiger partial charge in [-0.05, 0) is 24.3 Å². The molecule has 0 spiro atoms. The predicted octanol–water partition coefficient (Wildman–Crippen LogP) is 7.53. The van der Waals surface area contributed by atoms with Crippen LogP contribution in [-0.2, 0) is 0 Å². The Hall–Kier alpha value is -3.83. The first-order valence-corrected chi connectivity index (χ1v) is 11.0. The minimum Gasteiger partial charge on any atom is -0.456 e. The minimum absolute atomic E-state index is 0.617. The molecule has 0 unspecified atom stereocenters. The average Bonchev–Trinajstić information content (AvgIpc) is 3.23. The quantitative estimate of drug-likeness (QED) is 0.264. The van der Waals surface area contributed by atoms with Crippen LogP contribution in [0.1, 0.15) is 0 Å². The maximum absolute atomic E-state index is 6.11. The summed E-state index contributed by atoms with van der Waals surface area (Å²) in [4.78, 5) is 14.6. The van der Waals surface area contributed by atoms with Crippen LogP contribution in [0.25, 0.3) is 56.1 Å². The van der Waals surface area contributed by atoms with Gasteiger partial charge in [-0.25, -0.2) is 15.0 Å². The van der Waals surface area contributed by atoms with Gasteiger partial charge in [0.2, 0.25) is 0 Å². The molecule has 5 heteroatoms. The molecule has 0 aliphatic heterocycles. The van der Waals surface area contributed by atoms with Gasteiger partial charge in [0.05, 0.1) is 0 Å². The molecule has 6 aromatic rings. The van der Waals surface area contributed by atoms with E-state index in [0.717, 1.165) is 43.1 Å². The summed E-state index contributed by atoms with van der Waals surface area (Å²) in [5, 5.41) is 2.01. The van der Waals surface area contributed by atoms with Crippen LogP contribution in [0.15, 0.2) is 106 Å². The van der Waals surface area contributed by atoms with Gasteiger partial charge in [-0.3, -0.25) is 0 Å². The smallest absolute Gasteiger partial charge is 0.164 e. The van der Waals surface area contributed by atoms with Crippen LogP contribution in [0.4, 0.5) is 0 Å². The van der Waals surface area contributed by atoms with Crippen molar-refractivity contribution in [2.75, 3.05) is 0 Å². The Morgan fingerprint density at radius 3 is 1.84 bits per heavy atom. The Morgan fingerprint density at radius 1 is 0.562 bits per heavy atom. The third-order valence-electron chi connectivity index (χ3n) is 5.40. The van der Waals surface area contributed by atoms with Gasteiger partial charge in [0.15, 0.2) is 17.5 Å². The van der Waals surface area contributed by atoms with E-state index in [0.29, 0.717) is 17.5 Å². The summed E-state index contributed by atoms with van der Waals surface area (Å²) in [5.74, 6) is 1.90. The van der Waals surface area contributed by atoms with Crippen molar-refractivity contribution >= 4 is 37.9 Å². The van der Waals surface area contributed by atoms with Crippen molar-refractivity contribution in [3.05, 3.63) is 102 Å². The topological polar surface area (TPSA) is 51.8 Å². The summed E-state index contributed by atoms with van der Waals surface area (Å²) < 4.78 is 7.10. The molecule has 0 N–H and O–H groups in total. The number of halogens is 1. The first-order chi connectivity index (χ1) is 15.8. The molecule has 0 saturated heterocycles. The SMILES string of the molecule is Brc1ccc2oc3cccc(-c4nc(-c5ccccc5)nc(-c5ccccc5)n4)c3c2c1. The Labute approximate surface area is 192 Å². The van der Waals surface area contributed by atoms with Gasteiger partial charge in [-0.2, -0.15) is 0 Å². The third-order valence-corrected chi connectivity index (χ3v) is 5.89. The monoisotopic (exact) mass is 477 g/mol. The van der Waals surface area contributed by atoms with Crippen molar-refractivity contribution in [3.8, 4) is 34.2 Å². The standard InChI is InChI=1S/C27H16BrN3O/c28-19-14-15-22-21(16-19)24-20(12-7-13-23(24)32-22)27-30-25(17-8-3-1-4-9-17)29-26(31-27)18-10-5-2-6-11-18/h1-16H. The van der Waals surface area contributed by atoms with Crippen molar-refractivity contribution in [1.82, 2.24) is 15.0 Å². The van der Waals surface area contributed by atoms with Gasteiger partial charge in [0, 0.05) is 31.9 Å². The third kappa shape index (κ3) is 3.27. The highest BCUT2D eigenvalue weighted by Gasteiger charge is 2.17. The van der Waals surface area contributed by atoms with Crippen LogP contribution in [0.5, 0.6) is 0 Å². The van der Waals surface area contributed by atoms with Gasteiger partial charge >= 0.3 is 0 Å². The second kappa shape index (κ2) is 7.70. The average molecular weight is 478 g/mol. The first kappa shape index (κ1) is 18.9. The zero-order valence-corrected chi connectivity index (χ0v) is 18.5. The number of hydrogen-bond acceptors (Lipinski definition) is 4. The summed E-state index contributed by atoms with van der Waals surface area (Å²) in [5.41, 5.74) is 4.44. The summed E-state index contributed by atoms with van der Waals surface area (Å²) in [7, 11) is 0. The highest BCUT2D eigenvalue weighted by atomic mass is 79.9. The van der Waals surface area contributed by atoms with E-state index in [9.17, 15) is 0 Å². The van der Waals surface area contributed by atoms with E-state index in [1.165, 1.54) is 0 Å². The lowest BCUT2D eigenvalue weighted by molar-refractivity contribution is 0.669. The summed E-state index contributed by atoms with van der Waals surface area (Å²) >= 11 is 3.59. The van der Waals surface area contributed by atoms with Crippen LogP contribution < -0.4 is 0 Å². The van der Waals surface area contributed by atoms with Crippen molar-refractivity contribution in [1.29, 1.82) is 0 Å². The zero-order chi connectivity index (χ0) is 21.5. The van der Waals surface area contributed by atoms with Gasteiger partial charge in [-0.15, -0.1) is 0 Å². The highest BCUT2D eigenvalue weighted by Crippen LogP contribution is 2.37. The lowest BCUT2D eigenvalue weighted by Gasteiger charge is -2.09. The van der Waals surface area contributed by atoms with Crippen molar-refractivity contribution in [3.63, 3.8) is 0 Å². The Balaban J connectivity index is 1.66. The van der Waals surface area contributed by atoms with Gasteiger partial charge in [-0.1, -0.05) is 88.7 Å². The molecule has 4 nitrogen and oxygen atoms in total. The minimum atomic E-state index is 0.617. The molecule has 6 rings (SSSR count). The molecular formula is C27H16BrN3O. The highest BCUT2D eigenvalue weighted by molar-refractivity contribution is 9.10. The number of fused-ring (bicyclic) bond motifs is 3. The fourth-order valence-corrected chi connectivity index (χ4v) is 4.28. The largest absolute Gasteiger partial charge is 0.456 e. The fraction of sp³-hybridized carbons (Fsp3) is 0. The van der Waals surface area contributed by atoms with E-state index in [1.807, 2.05) is 91.0 Å². The van der Waals surface area contributed by atoms with Crippen molar-refractivity contribution in [2.45, 2.75) is 0 Å². The van der Waals surface area contributed by atoms with Crippen molar-refractivity contribution < 1.29 is 4.42 Å². The number of aromatic nitrogens is 3. The second-order valence-electron chi connectivity index (χ2n) is 7.46. The molecule has 152 valence electrons. The van der Waals surface area contributed by atoms with E-state index in [2.05, 4.69) is 22.0 Å². The first-order valence-electron chi connectivity index (χ1n) is 10.2. The summed E-state index contributed by atoms with van der Waals surface area (Å²) in [6, 6.07) is 32.0. The van der Waals surface area contributed by atoms with Gasteiger partial charge in [0.1, 0.15) is 11.2 Å². The summed E-state index contributed by atoms with van der Waals surface area (Å²) in [6.07, 6.45) is 0. The molecule has 0 radical (unpaired) electrons. The molecule has 4 aromatic carbocycles. The Kier molecular flexibility index (Phi) is 4.55.